The molecular weight excluding hydrogens is 388 g/mol. The highest BCUT2D eigenvalue weighted by Crippen LogP contribution is 2.25. The molecule has 1 heterocycles. The number of para-hydroxylation sites is 1. The zero-order valence-electron chi connectivity index (χ0n) is 17.8. The molecule has 1 amide bonds. The highest BCUT2D eigenvalue weighted by Gasteiger charge is 2.36. The Bertz CT molecular complexity index is 800. The van der Waals surface area contributed by atoms with Crippen molar-refractivity contribution in [3.8, 4) is 0 Å². The van der Waals surface area contributed by atoms with E-state index in [1.54, 1.807) is 15.7 Å². The summed E-state index contributed by atoms with van der Waals surface area (Å²) in [4.78, 5) is 14.7. The van der Waals surface area contributed by atoms with Gasteiger partial charge in [0, 0.05) is 45.0 Å². The Balaban J connectivity index is 1.55. The van der Waals surface area contributed by atoms with Gasteiger partial charge >= 0.3 is 0 Å². The predicted octanol–water partition coefficient (Wildman–Crippen LogP) is 2.45. The van der Waals surface area contributed by atoms with Crippen LogP contribution in [0.3, 0.4) is 0 Å². The smallest absolute Gasteiger partial charge is 0.282 e. The largest absolute Gasteiger partial charge is 0.324 e. The van der Waals surface area contributed by atoms with Crippen molar-refractivity contribution in [2.24, 2.45) is 0 Å². The first kappa shape index (κ1) is 22.2. The molecule has 0 aromatic heterocycles. The van der Waals surface area contributed by atoms with Gasteiger partial charge in [-0.1, -0.05) is 37.5 Å². The van der Waals surface area contributed by atoms with Gasteiger partial charge in [0.05, 0.1) is 6.04 Å². The predicted molar refractivity (Wildman–Crippen MR) is 116 cm³/mol. The average Bonchev–Trinajstić information content (AvgIpc) is 2.75. The molecule has 1 unspecified atom stereocenters. The second-order valence-electron chi connectivity index (χ2n) is 8.23. The van der Waals surface area contributed by atoms with E-state index in [1.807, 2.05) is 38.1 Å². The summed E-state index contributed by atoms with van der Waals surface area (Å²) in [6.07, 6.45) is 5.31. The fraction of sp³-hybridized carbons (Fsp3) is 0.667. The monoisotopic (exact) mass is 422 g/mol. The van der Waals surface area contributed by atoms with Crippen LogP contribution in [0.5, 0.6) is 0 Å². The molecular formula is C21H34N4O3S. The molecule has 1 atom stereocenters. The Morgan fingerprint density at radius 2 is 1.72 bits per heavy atom. The van der Waals surface area contributed by atoms with E-state index in [0.29, 0.717) is 26.2 Å². The summed E-state index contributed by atoms with van der Waals surface area (Å²) in [5, 5.41) is 2.99. The van der Waals surface area contributed by atoms with Crippen molar-refractivity contribution < 1.29 is 13.2 Å². The summed E-state index contributed by atoms with van der Waals surface area (Å²) in [6, 6.07) is 7.51. The van der Waals surface area contributed by atoms with Crippen molar-refractivity contribution in [3.05, 3.63) is 29.8 Å². The maximum Gasteiger partial charge on any atom is 0.282 e. The molecule has 0 spiro atoms. The molecule has 1 aromatic rings. The standard InChI is InChI=1S/C21H34N4O3S/c1-17-9-7-8-12-20(17)22-21(26)18(2)24-13-15-25(16-14-24)29(27,28)23(3)19-10-5-4-6-11-19/h7-9,12,18-19H,4-6,10-11,13-16H2,1-3H3,(H,22,26). The topological polar surface area (TPSA) is 73.0 Å². The third-order valence-electron chi connectivity index (χ3n) is 6.38. The second-order valence-corrected chi connectivity index (χ2v) is 10.2. The summed E-state index contributed by atoms with van der Waals surface area (Å²) >= 11 is 0. The van der Waals surface area contributed by atoms with E-state index in [0.717, 1.165) is 36.9 Å². The minimum Gasteiger partial charge on any atom is -0.324 e. The lowest BCUT2D eigenvalue weighted by atomic mass is 9.96. The van der Waals surface area contributed by atoms with Crippen LogP contribution in [0.4, 0.5) is 5.69 Å². The van der Waals surface area contributed by atoms with Crippen LogP contribution in [0, 0.1) is 6.92 Å². The fourth-order valence-corrected chi connectivity index (χ4v) is 5.83. The highest BCUT2D eigenvalue weighted by atomic mass is 32.2. The van der Waals surface area contributed by atoms with Crippen molar-refractivity contribution in [2.75, 3.05) is 38.5 Å². The molecule has 1 aliphatic carbocycles. The number of hydrogen-bond acceptors (Lipinski definition) is 4. The zero-order chi connectivity index (χ0) is 21.0. The highest BCUT2D eigenvalue weighted by molar-refractivity contribution is 7.86. The molecule has 162 valence electrons. The van der Waals surface area contributed by atoms with Crippen molar-refractivity contribution in [1.29, 1.82) is 0 Å². The molecule has 1 saturated carbocycles. The van der Waals surface area contributed by atoms with Crippen molar-refractivity contribution in [1.82, 2.24) is 13.5 Å². The van der Waals surface area contributed by atoms with E-state index in [4.69, 9.17) is 0 Å². The lowest BCUT2D eigenvalue weighted by molar-refractivity contribution is -0.121. The fourth-order valence-electron chi connectivity index (χ4n) is 4.25. The van der Waals surface area contributed by atoms with E-state index in [-0.39, 0.29) is 18.0 Å². The van der Waals surface area contributed by atoms with Crippen LogP contribution in [-0.2, 0) is 15.0 Å². The number of aryl methyl sites for hydroxylation is 1. The van der Waals surface area contributed by atoms with Crippen LogP contribution >= 0.6 is 0 Å². The van der Waals surface area contributed by atoms with Crippen molar-refractivity contribution in [2.45, 2.75) is 58.0 Å². The number of anilines is 1. The molecule has 1 saturated heterocycles. The van der Waals surface area contributed by atoms with E-state index in [1.165, 1.54) is 6.42 Å². The van der Waals surface area contributed by atoms with Crippen LogP contribution in [0.15, 0.2) is 24.3 Å². The van der Waals surface area contributed by atoms with Crippen LogP contribution in [0.2, 0.25) is 0 Å². The zero-order valence-corrected chi connectivity index (χ0v) is 18.6. The van der Waals surface area contributed by atoms with Crippen LogP contribution in [0.25, 0.3) is 0 Å². The average molecular weight is 423 g/mol. The van der Waals surface area contributed by atoms with E-state index < -0.39 is 10.2 Å². The number of carbonyl (C=O) groups is 1. The van der Waals surface area contributed by atoms with Crippen LogP contribution in [0.1, 0.15) is 44.6 Å². The molecule has 29 heavy (non-hydrogen) atoms. The van der Waals surface area contributed by atoms with Crippen molar-refractivity contribution >= 4 is 21.8 Å². The summed E-state index contributed by atoms with van der Waals surface area (Å²) in [5.74, 6) is -0.0602. The first-order chi connectivity index (χ1) is 13.8. The van der Waals surface area contributed by atoms with Gasteiger partial charge < -0.3 is 5.32 Å². The Kier molecular flexibility index (Phi) is 7.32. The lowest BCUT2D eigenvalue weighted by Gasteiger charge is -2.40. The number of nitrogens with zero attached hydrogens (tertiary/aromatic N) is 3. The van der Waals surface area contributed by atoms with Gasteiger partial charge in [-0.2, -0.15) is 17.0 Å². The number of rotatable bonds is 6. The Labute approximate surface area is 175 Å². The molecule has 8 heteroatoms. The normalized spacial score (nSPS) is 21.2. The Hall–Kier alpha value is -1.48. The first-order valence-corrected chi connectivity index (χ1v) is 12.0. The van der Waals surface area contributed by atoms with Crippen molar-refractivity contribution in [3.63, 3.8) is 0 Å². The van der Waals surface area contributed by atoms with Crippen LogP contribution < -0.4 is 5.32 Å². The van der Waals surface area contributed by atoms with Gasteiger partial charge in [0.25, 0.3) is 10.2 Å². The van der Waals surface area contributed by atoms with Gasteiger partial charge in [-0.3, -0.25) is 9.69 Å². The summed E-state index contributed by atoms with van der Waals surface area (Å²) in [5.41, 5.74) is 1.84. The molecule has 0 bridgehead atoms. The summed E-state index contributed by atoms with van der Waals surface area (Å²) < 4.78 is 29.2. The summed E-state index contributed by atoms with van der Waals surface area (Å²) in [6.45, 7) is 5.79. The third-order valence-corrected chi connectivity index (χ3v) is 8.43. The summed E-state index contributed by atoms with van der Waals surface area (Å²) in [7, 11) is -1.73. The number of benzene rings is 1. The van der Waals surface area contributed by atoms with Gasteiger partial charge in [-0.15, -0.1) is 0 Å². The maximum absolute atomic E-state index is 13.0. The van der Waals surface area contributed by atoms with E-state index >= 15 is 0 Å². The van der Waals surface area contributed by atoms with Crippen LogP contribution in [-0.4, -0.2) is 73.1 Å². The van der Waals surface area contributed by atoms with E-state index in [9.17, 15) is 13.2 Å². The van der Waals surface area contributed by atoms with Gasteiger partial charge in [0.15, 0.2) is 0 Å². The molecule has 1 N–H and O–H groups in total. The molecule has 1 aromatic carbocycles. The number of piperazine rings is 1. The molecule has 1 aliphatic heterocycles. The molecule has 2 aliphatic rings. The number of carbonyl (C=O) groups excluding carboxylic acids is 1. The molecule has 2 fully saturated rings. The minimum atomic E-state index is -3.45. The van der Waals surface area contributed by atoms with Gasteiger partial charge in [0.1, 0.15) is 0 Å². The second kappa shape index (κ2) is 9.55. The Morgan fingerprint density at radius 3 is 2.34 bits per heavy atom. The third kappa shape index (κ3) is 5.17. The molecule has 0 radical (unpaired) electrons. The van der Waals surface area contributed by atoms with Gasteiger partial charge in [0.2, 0.25) is 5.91 Å². The van der Waals surface area contributed by atoms with E-state index in [2.05, 4.69) is 10.2 Å². The van der Waals surface area contributed by atoms with Gasteiger partial charge in [-0.05, 0) is 38.3 Å². The van der Waals surface area contributed by atoms with Gasteiger partial charge in [-0.25, -0.2) is 0 Å². The Morgan fingerprint density at radius 1 is 1.10 bits per heavy atom. The molecule has 3 rings (SSSR count). The quantitative estimate of drug-likeness (QED) is 0.764. The lowest BCUT2D eigenvalue weighted by Crippen LogP contribution is -2.57. The molecule has 7 nitrogen and oxygen atoms in total. The number of amides is 1. The maximum atomic E-state index is 13.0. The minimum absolute atomic E-state index is 0.0602. The SMILES string of the molecule is Cc1ccccc1NC(=O)C(C)N1CCN(S(=O)(=O)N(C)C2CCCCC2)CC1. The first-order valence-electron chi connectivity index (χ1n) is 10.6. The number of hydrogen-bond donors (Lipinski definition) is 1. The number of nitrogens with one attached hydrogen (secondary N) is 1.